The molecule has 0 atom stereocenters. The lowest BCUT2D eigenvalue weighted by Crippen LogP contribution is -2.34. The molecule has 4 N–H and O–H groups in total. The van der Waals surface area contributed by atoms with Gasteiger partial charge in [-0.3, -0.25) is 5.43 Å². The smallest absolute Gasteiger partial charge is 0.239 e. The van der Waals surface area contributed by atoms with Crippen molar-refractivity contribution in [2.24, 2.45) is 11.3 Å². The lowest BCUT2D eigenvalue weighted by Gasteiger charge is -2.28. The molecule has 0 aromatic carbocycles. The predicted molar refractivity (Wildman–Crippen MR) is 75.7 cm³/mol. The average Bonchev–Trinajstić information content (AvgIpc) is 2.26. The summed E-state index contributed by atoms with van der Waals surface area (Å²) in [5.74, 6) is 6.19. The maximum absolute atomic E-state index is 6.02. The van der Waals surface area contributed by atoms with Crippen LogP contribution in [0.2, 0.25) is 5.02 Å². The lowest BCUT2D eigenvalue weighted by molar-refractivity contribution is 0.254. The number of hydrazine groups is 1. The molecule has 6 nitrogen and oxygen atoms in total. The first kappa shape index (κ1) is 14.9. The van der Waals surface area contributed by atoms with Crippen LogP contribution in [0.1, 0.15) is 13.8 Å². The number of halogens is 1. The molecule has 0 aliphatic carbocycles. The highest BCUT2D eigenvalue weighted by atomic mass is 35.5. The minimum absolute atomic E-state index is 0.105. The Bertz CT molecular complexity index is 393. The zero-order chi connectivity index (χ0) is 13.8. The highest BCUT2D eigenvalue weighted by Gasteiger charge is 2.19. The number of hydrogen-bond acceptors (Lipinski definition) is 6. The summed E-state index contributed by atoms with van der Waals surface area (Å²) in [4.78, 5) is 10.2. The molecule has 0 amide bonds. The number of rotatable bonds is 6. The largest absolute Gasteiger partial charge is 0.368 e. The highest BCUT2D eigenvalue weighted by molar-refractivity contribution is 6.32. The van der Waals surface area contributed by atoms with Crippen LogP contribution in [0, 0.1) is 5.41 Å². The summed E-state index contributed by atoms with van der Waals surface area (Å²) in [6, 6.07) is 0. The van der Waals surface area contributed by atoms with Gasteiger partial charge in [-0.05, 0) is 19.5 Å². The van der Waals surface area contributed by atoms with Crippen molar-refractivity contribution in [2.45, 2.75) is 13.8 Å². The van der Waals surface area contributed by atoms with Gasteiger partial charge in [0.15, 0.2) is 5.82 Å². The molecule has 0 fully saturated rings. The topological polar surface area (TPSA) is 79.1 Å². The molecule has 1 heterocycles. The van der Waals surface area contributed by atoms with Gasteiger partial charge >= 0.3 is 0 Å². The fourth-order valence-corrected chi connectivity index (χ4v) is 1.95. The van der Waals surface area contributed by atoms with Crippen LogP contribution in [0.3, 0.4) is 0 Å². The van der Waals surface area contributed by atoms with Gasteiger partial charge in [-0.1, -0.05) is 25.4 Å². The molecule has 0 saturated carbocycles. The van der Waals surface area contributed by atoms with E-state index in [1.165, 1.54) is 6.20 Å². The van der Waals surface area contributed by atoms with Crippen molar-refractivity contribution in [3.8, 4) is 0 Å². The van der Waals surface area contributed by atoms with Gasteiger partial charge < -0.3 is 10.2 Å². The van der Waals surface area contributed by atoms with Crippen molar-refractivity contribution in [3.05, 3.63) is 11.2 Å². The zero-order valence-electron chi connectivity index (χ0n) is 11.3. The van der Waals surface area contributed by atoms with E-state index in [0.717, 1.165) is 13.1 Å². The maximum Gasteiger partial charge on any atom is 0.239 e. The van der Waals surface area contributed by atoms with Crippen molar-refractivity contribution >= 4 is 23.4 Å². The Labute approximate surface area is 113 Å². The van der Waals surface area contributed by atoms with E-state index in [1.54, 1.807) is 0 Å². The Morgan fingerprint density at radius 3 is 2.67 bits per heavy atom. The predicted octanol–water partition coefficient (Wildman–Crippen LogP) is 1.42. The Balaban J connectivity index is 2.67. The molecule has 0 aliphatic rings. The number of nitrogens with zero attached hydrogens (tertiary/aromatic N) is 3. The van der Waals surface area contributed by atoms with Gasteiger partial charge in [0.25, 0.3) is 0 Å². The molecule has 0 bridgehead atoms. The average molecular weight is 273 g/mol. The second-order valence-electron chi connectivity index (χ2n) is 5.29. The van der Waals surface area contributed by atoms with E-state index in [-0.39, 0.29) is 5.41 Å². The van der Waals surface area contributed by atoms with Crippen LogP contribution in [0.4, 0.5) is 11.8 Å². The molecule has 0 saturated heterocycles. The first-order valence-electron chi connectivity index (χ1n) is 5.72. The molecule has 102 valence electrons. The molecule has 18 heavy (non-hydrogen) atoms. The second-order valence-corrected chi connectivity index (χ2v) is 5.70. The Morgan fingerprint density at radius 1 is 1.44 bits per heavy atom. The number of nitrogens with two attached hydrogens (primary N) is 1. The standard InChI is InChI=1S/C11H21ClN6/c1-11(2,7-18(3)4)6-15-9-8(12)5-14-10(16-9)17-13/h5H,6-7,13H2,1-4H3,(H2,14,15,16,17). The minimum atomic E-state index is 0.105. The second kappa shape index (κ2) is 6.17. The molecule has 0 spiro atoms. The van der Waals surface area contributed by atoms with E-state index in [2.05, 4.69) is 53.6 Å². The minimum Gasteiger partial charge on any atom is -0.368 e. The fourth-order valence-electron chi connectivity index (χ4n) is 1.80. The number of nitrogens with one attached hydrogen (secondary N) is 2. The van der Waals surface area contributed by atoms with Crippen molar-refractivity contribution in [2.75, 3.05) is 37.9 Å². The van der Waals surface area contributed by atoms with Gasteiger partial charge in [0, 0.05) is 13.1 Å². The van der Waals surface area contributed by atoms with Crippen molar-refractivity contribution in [3.63, 3.8) is 0 Å². The molecule has 1 aromatic heterocycles. The van der Waals surface area contributed by atoms with Crippen LogP contribution in [-0.4, -0.2) is 42.1 Å². The van der Waals surface area contributed by atoms with E-state index < -0.39 is 0 Å². The summed E-state index contributed by atoms with van der Waals surface area (Å²) in [6.45, 7) is 6.07. The van der Waals surface area contributed by atoms with Crippen molar-refractivity contribution in [1.29, 1.82) is 0 Å². The van der Waals surface area contributed by atoms with Gasteiger partial charge in [0.05, 0.1) is 6.20 Å². The van der Waals surface area contributed by atoms with E-state index in [0.29, 0.717) is 16.8 Å². The SMILES string of the molecule is CN(C)CC(C)(C)CNc1nc(NN)ncc1Cl. The maximum atomic E-state index is 6.02. The summed E-state index contributed by atoms with van der Waals surface area (Å²) in [5, 5.41) is 3.71. The first-order chi connectivity index (χ1) is 8.34. The van der Waals surface area contributed by atoms with Gasteiger partial charge in [0.1, 0.15) is 5.02 Å². The van der Waals surface area contributed by atoms with Gasteiger partial charge in [0.2, 0.25) is 5.95 Å². The van der Waals surface area contributed by atoms with Crippen LogP contribution in [-0.2, 0) is 0 Å². The number of hydrogen-bond donors (Lipinski definition) is 3. The third-order valence-corrected chi connectivity index (χ3v) is 2.63. The fraction of sp³-hybridized carbons (Fsp3) is 0.636. The van der Waals surface area contributed by atoms with Gasteiger partial charge in [-0.15, -0.1) is 0 Å². The zero-order valence-corrected chi connectivity index (χ0v) is 12.0. The first-order valence-corrected chi connectivity index (χ1v) is 6.09. The normalized spacial score (nSPS) is 11.7. The van der Waals surface area contributed by atoms with Crippen LogP contribution in [0.15, 0.2) is 6.20 Å². The van der Waals surface area contributed by atoms with Gasteiger partial charge in [-0.25, -0.2) is 10.8 Å². The summed E-state index contributed by atoms with van der Waals surface area (Å²) >= 11 is 6.02. The molecule has 0 aliphatic heterocycles. The van der Waals surface area contributed by atoms with E-state index >= 15 is 0 Å². The number of aromatic nitrogens is 2. The molecule has 7 heteroatoms. The van der Waals surface area contributed by atoms with Crippen LogP contribution in [0.5, 0.6) is 0 Å². The molecule has 1 rings (SSSR count). The van der Waals surface area contributed by atoms with Crippen molar-refractivity contribution in [1.82, 2.24) is 14.9 Å². The molecular weight excluding hydrogens is 252 g/mol. The molecule has 1 aromatic rings. The third kappa shape index (κ3) is 4.64. The summed E-state index contributed by atoms with van der Waals surface area (Å²) in [7, 11) is 4.10. The van der Waals surface area contributed by atoms with Crippen LogP contribution >= 0.6 is 11.6 Å². The molecule has 0 unspecified atom stereocenters. The number of nitrogen functional groups attached to an aromatic ring is 1. The Morgan fingerprint density at radius 2 is 2.11 bits per heavy atom. The highest BCUT2D eigenvalue weighted by Crippen LogP contribution is 2.22. The molecule has 0 radical (unpaired) electrons. The van der Waals surface area contributed by atoms with Crippen molar-refractivity contribution < 1.29 is 0 Å². The van der Waals surface area contributed by atoms with Gasteiger partial charge in [-0.2, -0.15) is 4.98 Å². The Kier molecular flexibility index (Phi) is 5.13. The summed E-state index contributed by atoms with van der Waals surface area (Å²) in [6.07, 6.45) is 1.52. The molecular formula is C11H21ClN6. The Hall–Kier alpha value is -1.11. The quantitative estimate of drug-likeness (QED) is 0.537. The third-order valence-electron chi connectivity index (χ3n) is 2.35. The van der Waals surface area contributed by atoms with E-state index in [1.807, 2.05) is 0 Å². The monoisotopic (exact) mass is 272 g/mol. The summed E-state index contributed by atoms with van der Waals surface area (Å²) in [5.41, 5.74) is 2.50. The summed E-state index contributed by atoms with van der Waals surface area (Å²) < 4.78 is 0. The van der Waals surface area contributed by atoms with Crippen LogP contribution < -0.4 is 16.6 Å². The van der Waals surface area contributed by atoms with E-state index in [9.17, 15) is 0 Å². The van der Waals surface area contributed by atoms with E-state index in [4.69, 9.17) is 17.4 Å². The van der Waals surface area contributed by atoms with Crippen LogP contribution in [0.25, 0.3) is 0 Å². The number of anilines is 2. The lowest BCUT2D eigenvalue weighted by atomic mass is 9.93.